The summed E-state index contributed by atoms with van der Waals surface area (Å²) in [6.07, 6.45) is 5.76. The van der Waals surface area contributed by atoms with Gasteiger partial charge < -0.3 is 25.4 Å². The minimum absolute atomic E-state index is 0.0652. The van der Waals surface area contributed by atoms with Gasteiger partial charge in [-0.1, -0.05) is 41.9 Å². The number of carbonyl (C=O) groups excluding carboxylic acids is 1. The molecule has 38 heavy (non-hydrogen) atoms. The van der Waals surface area contributed by atoms with Crippen LogP contribution in [-0.2, 0) is 16.8 Å². The zero-order chi connectivity index (χ0) is 26.5. The quantitative estimate of drug-likeness (QED) is 0.298. The van der Waals surface area contributed by atoms with Crippen LogP contribution >= 0.6 is 11.6 Å². The van der Waals surface area contributed by atoms with Crippen molar-refractivity contribution >= 4 is 39.8 Å². The monoisotopic (exact) mass is 531 g/mol. The second-order valence-electron chi connectivity index (χ2n) is 9.46. The number of aliphatic hydroxyl groups is 1. The third-order valence-corrected chi connectivity index (χ3v) is 7.22. The highest BCUT2D eigenvalue weighted by molar-refractivity contribution is 6.30. The maximum Gasteiger partial charge on any atom is 0.236 e. The number of nitrogens with one attached hydrogen (secondary N) is 2. The molecule has 0 spiro atoms. The van der Waals surface area contributed by atoms with Crippen LogP contribution in [0, 0.1) is 0 Å². The van der Waals surface area contributed by atoms with E-state index in [0.29, 0.717) is 49.1 Å². The molecule has 0 fully saturated rings. The minimum Gasteiger partial charge on any atom is -0.493 e. The molecule has 0 aliphatic carbocycles. The standard InChI is InChI=1S/C29H30ClN5O3/c1-35(11-12-36)27-9-6-20(16-33-27)15-32-19-29(10-13-38-26-8-7-22(30)14-24(26)29)28(37)34-25-18-31-17-21-4-2-3-5-23(21)25/h2-9,14,16-18,32,36H,10-13,15,19H2,1H3,(H,34,37). The largest absolute Gasteiger partial charge is 0.493 e. The smallest absolute Gasteiger partial charge is 0.236 e. The van der Waals surface area contributed by atoms with Crippen molar-refractivity contribution in [2.24, 2.45) is 0 Å². The molecule has 9 heteroatoms. The normalized spacial score (nSPS) is 16.5. The molecule has 3 heterocycles. The van der Waals surface area contributed by atoms with E-state index in [2.05, 4.69) is 20.6 Å². The lowest BCUT2D eigenvalue weighted by Crippen LogP contribution is -2.50. The summed E-state index contributed by atoms with van der Waals surface area (Å²) in [4.78, 5) is 24.8. The van der Waals surface area contributed by atoms with Crippen LogP contribution in [0.5, 0.6) is 5.75 Å². The number of aromatic nitrogens is 2. The fraction of sp³-hybridized carbons (Fsp3) is 0.276. The molecule has 4 aromatic rings. The van der Waals surface area contributed by atoms with Crippen molar-refractivity contribution in [1.29, 1.82) is 0 Å². The number of likely N-dealkylation sites (N-methyl/N-ethyl adjacent to an activating group) is 1. The van der Waals surface area contributed by atoms with Crippen molar-refractivity contribution in [1.82, 2.24) is 15.3 Å². The molecule has 0 bridgehead atoms. The molecule has 8 nitrogen and oxygen atoms in total. The lowest BCUT2D eigenvalue weighted by Gasteiger charge is -2.38. The molecule has 0 saturated carbocycles. The Morgan fingerprint density at radius 3 is 2.84 bits per heavy atom. The number of ether oxygens (including phenoxy) is 1. The van der Waals surface area contributed by atoms with Crippen LogP contribution in [0.3, 0.4) is 0 Å². The summed E-state index contributed by atoms with van der Waals surface area (Å²) in [7, 11) is 1.89. The molecule has 1 atom stereocenters. The number of anilines is 2. The Labute approximate surface area is 226 Å². The number of rotatable bonds is 9. The first-order chi connectivity index (χ1) is 18.5. The Morgan fingerprint density at radius 2 is 2.03 bits per heavy atom. The Kier molecular flexibility index (Phi) is 7.74. The van der Waals surface area contributed by atoms with E-state index in [1.54, 1.807) is 24.7 Å². The number of carbonyl (C=O) groups is 1. The molecule has 1 aliphatic rings. The Hall–Kier alpha value is -3.72. The van der Waals surface area contributed by atoms with Crippen molar-refractivity contribution in [2.45, 2.75) is 18.4 Å². The highest BCUT2D eigenvalue weighted by atomic mass is 35.5. The highest BCUT2D eigenvalue weighted by Crippen LogP contribution is 2.41. The van der Waals surface area contributed by atoms with Crippen LogP contribution < -0.4 is 20.3 Å². The first kappa shape index (κ1) is 25.9. The summed E-state index contributed by atoms with van der Waals surface area (Å²) in [6, 6.07) is 17.2. The molecule has 196 valence electrons. The molecular weight excluding hydrogens is 502 g/mol. The summed E-state index contributed by atoms with van der Waals surface area (Å²) in [5.41, 5.74) is 1.49. The van der Waals surface area contributed by atoms with Gasteiger partial charge in [0, 0.05) is 66.9 Å². The van der Waals surface area contributed by atoms with Crippen molar-refractivity contribution in [3.8, 4) is 5.75 Å². The lowest BCUT2D eigenvalue weighted by molar-refractivity contribution is -0.122. The Bertz CT molecular complexity index is 1430. The number of amides is 1. The van der Waals surface area contributed by atoms with Gasteiger partial charge in [0.2, 0.25) is 5.91 Å². The van der Waals surface area contributed by atoms with E-state index in [9.17, 15) is 4.79 Å². The second kappa shape index (κ2) is 11.3. The van der Waals surface area contributed by atoms with Crippen LogP contribution in [-0.4, -0.2) is 54.3 Å². The second-order valence-corrected chi connectivity index (χ2v) is 9.89. The first-order valence-electron chi connectivity index (χ1n) is 12.5. The molecule has 2 aromatic heterocycles. The molecule has 0 saturated heterocycles. The maximum atomic E-state index is 14.1. The third-order valence-electron chi connectivity index (χ3n) is 6.99. The van der Waals surface area contributed by atoms with Gasteiger partial charge in [-0.05, 0) is 29.8 Å². The number of aliphatic hydroxyl groups excluding tert-OH is 1. The fourth-order valence-corrected chi connectivity index (χ4v) is 5.03. The van der Waals surface area contributed by atoms with E-state index in [0.717, 1.165) is 27.7 Å². The van der Waals surface area contributed by atoms with Crippen LogP contribution in [0.1, 0.15) is 17.5 Å². The predicted octanol–water partition coefficient (Wildman–Crippen LogP) is 4.16. The van der Waals surface area contributed by atoms with Gasteiger partial charge in [0.15, 0.2) is 0 Å². The first-order valence-corrected chi connectivity index (χ1v) is 12.9. The number of hydrogen-bond acceptors (Lipinski definition) is 7. The number of halogens is 1. The van der Waals surface area contributed by atoms with Gasteiger partial charge in [-0.2, -0.15) is 0 Å². The van der Waals surface area contributed by atoms with Gasteiger partial charge in [0.1, 0.15) is 11.6 Å². The third kappa shape index (κ3) is 5.29. The molecule has 1 aliphatic heterocycles. The van der Waals surface area contributed by atoms with Crippen LogP contribution in [0.2, 0.25) is 5.02 Å². The summed E-state index contributed by atoms with van der Waals surface area (Å²) >= 11 is 6.39. The van der Waals surface area contributed by atoms with Crippen LogP contribution in [0.15, 0.2) is 73.2 Å². The number of pyridine rings is 2. The zero-order valence-electron chi connectivity index (χ0n) is 21.2. The maximum absolute atomic E-state index is 14.1. The van der Waals surface area contributed by atoms with E-state index in [1.165, 1.54) is 0 Å². The molecular formula is C29H30ClN5O3. The van der Waals surface area contributed by atoms with Gasteiger partial charge in [-0.25, -0.2) is 4.98 Å². The van der Waals surface area contributed by atoms with Crippen molar-refractivity contribution in [3.63, 3.8) is 0 Å². The molecule has 3 N–H and O–H groups in total. The summed E-state index contributed by atoms with van der Waals surface area (Å²) in [6.45, 7) is 1.89. The lowest BCUT2D eigenvalue weighted by atomic mass is 9.74. The Morgan fingerprint density at radius 1 is 1.16 bits per heavy atom. The van der Waals surface area contributed by atoms with Crippen molar-refractivity contribution < 1.29 is 14.6 Å². The average molecular weight is 532 g/mol. The molecule has 1 unspecified atom stereocenters. The molecule has 0 radical (unpaired) electrons. The highest BCUT2D eigenvalue weighted by Gasteiger charge is 2.44. The van der Waals surface area contributed by atoms with Crippen molar-refractivity contribution in [3.05, 3.63) is 89.3 Å². The topological polar surface area (TPSA) is 99.6 Å². The van der Waals surface area contributed by atoms with E-state index in [4.69, 9.17) is 21.4 Å². The van der Waals surface area contributed by atoms with Crippen molar-refractivity contribution in [2.75, 3.05) is 43.6 Å². The SMILES string of the molecule is CN(CCO)c1ccc(CNCC2(C(=O)Nc3cncc4ccccc34)CCOc3ccc(Cl)cc32)cn1. The summed E-state index contributed by atoms with van der Waals surface area (Å²) in [5, 5.41) is 18.2. The summed E-state index contributed by atoms with van der Waals surface area (Å²) < 4.78 is 5.91. The molecule has 2 aromatic carbocycles. The zero-order valence-corrected chi connectivity index (χ0v) is 21.9. The van der Waals surface area contributed by atoms with Gasteiger partial charge in [-0.15, -0.1) is 0 Å². The predicted molar refractivity (Wildman–Crippen MR) is 150 cm³/mol. The number of benzene rings is 2. The summed E-state index contributed by atoms with van der Waals surface area (Å²) in [5.74, 6) is 1.30. The Balaban J connectivity index is 1.41. The molecule has 5 rings (SSSR count). The van der Waals surface area contributed by atoms with Gasteiger partial charge in [-0.3, -0.25) is 9.78 Å². The number of hydrogen-bond donors (Lipinski definition) is 3. The van der Waals surface area contributed by atoms with Gasteiger partial charge in [0.25, 0.3) is 0 Å². The minimum atomic E-state index is -0.913. The number of fused-ring (bicyclic) bond motifs is 2. The van der Waals surface area contributed by atoms with E-state index < -0.39 is 5.41 Å². The number of nitrogens with zero attached hydrogens (tertiary/aromatic N) is 3. The van der Waals surface area contributed by atoms with Gasteiger partial charge in [0.05, 0.1) is 30.5 Å². The van der Waals surface area contributed by atoms with Gasteiger partial charge >= 0.3 is 0 Å². The van der Waals surface area contributed by atoms with E-state index in [1.807, 2.05) is 60.5 Å². The van der Waals surface area contributed by atoms with Crippen LogP contribution in [0.25, 0.3) is 10.8 Å². The van der Waals surface area contributed by atoms with E-state index >= 15 is 0 Å². The van der Waals surface area contributed by atoms with E-state index in [-0.39, 0.29) is 12.5 Å². The fourth-order valence-electron chi connectivity index (χ4n) is 4.86. The average Bonchev–Trinajstić information content (AvgIpc) is 2.94. The molecule has 1 amide bonds. The van der Waals surface area contributed by atoms with Crippen LogP contribution in [0.4, 0.5) is 11.5 Å².